The minimum absolute atomic E-state index is 0.0531. The molecule has 0 spiro atoms. The number of sulfone groups is 1. The highest BCUT2D eigenvalue weighted by Gasteiger charge is 2.48. The molecule has 0 atom stereocenters. The van der Waals surface area contributed by atoms with Crippen LogP contribution in [0.4, 0.5) is 23.2 Å². The molecule has 5 nitrogen and oxygen atoms in total. The van der Waals surface area contributed by atoms with Crippen molar-refractivity contribution in [2.45, 2.75) is 30.8 Å². The second kappa shape index (κ2) is 6.08. The zero-order chi connectivity index (χ0) is 18.3. The molecule has 0 radical (unpaired) electrons. The van der Waals surface area contributed by atoms with Crippen LogP contribution in [0, 0.1) is 19.7 Å². The minimum atomic E-state index is -5.67. The van der Waals surface area contributed by atoms with Gasteiger partial charge in [0.25, 0.3) is 9.84 Å². The predicted octanol–water partition coefficient (Wildman–Crippen LogP) is 3.08. The van der Waals surface area contributed by atoms with Crippen molar-refractivity contribution in [3.05, 3.63) is 41.0 Å². The maximum Gasteiger partial charge on any atom is 0.501 e. The number of rotatable bonds is 4. The molecule has 0 fully saturated rings. The summed E-state index contributed by atoms with van der Waals surface area (Å²) in [6.45, 7) is 3.55. The summed E-state index contributed by atoms with van der Waals surface area (Å²) in [6, 6.07) is 2.21. The summed E-state index contributed by atoms with van der Waals surface area (Å²) in [5.41, 5.74) is -3.68. The van der Waals surface area contributed by atoms with E-state index in [1.165, 1.54) is 0 Å². The molecule has 0 saturated carbocycles. The number of aryl methyl sites for hydroxylation is 2. The fourth-order valence-electron chi connectivity index (χ4n) is 2.25. The summed E-state index contributed by atoms with van der Waals surface area (Å²) in [5, 5.41) is 6.80. The molecule has 10 heteroatoms. The first-order valence-corrected chi connectivity index (χ1v) is 8.27. The van der Waals surface area contributed by atoms with Crippen molar-refractivity contribution in [2.24, 2.45) is 7.05 Å². The SMILES string of the molecule is Cc1nn(C)c(C)c1CNc1ccc(F)cc1S(=O)(=O)C(F)(F)F. The summed E-state index contributed by atoms with van der Waals surface area (Å²) in [7, 11) is -3.96. The maximum atomic E-state index is 13.3. The lowest BCUT2D eigenvalue weighted by Crippen LogP contribution is -2.24. The third kappa shape index (κ3) is 3.23. The van der Waals surface area contributed by atoms with Crippen LogP contribution < -0.4 is 5.32 Å². The highest BCUT2D eigenvalue weighted by molar-refractivity contribution is 7.92. The van der Waals surface area contributed by atoms with E-state index >= 15 is 0 Å². The van der Waals surface area contributed by atoms with Gasteiger partial charge in [0, 0.05) is 24.8 Å². The van der Waals surface area contributed by atoms with Crippen molar-refractivity contribution in [3.8, 4) is 0 Å². The van der Waals surface area contributed by atoms with Gasteiger partial charge < -0.3 is 5.32 Å². The molecule has 0 bridgehead atoms. The van der Waals surface area contributed by atoms with Crippen molar-refractivity contribution in [2.75, 3.05) is 5.32 Å². The zero-order valence-electron chi connectivity index (χ0n) is 13.1. The molecule has 0 unspecified atom stereocenters. The Morgan fingerprint density at radius 3 is 2.38 bits per heavy atom. The molecule has 2 rings (SSSR count). The van der Waals surface area contributed by atoms with Gasteiger partial charge >= 0.3 is 5.51 Å². The molecule has 1 heterocycles. The third-order valence-electron chi connectivity index (χ3n) is 3.65. The highest BCUT2D eigenvalue weighted by atomic mass is 32.2. The topological polar surface area (TPSA) is 64.0 Å². The molecule has 1 N–H and O–H groups in total. The van der Waals surface area contributed by atoms with Gasteiger partial charge in [-0.25, -0.2) is 12.8 Å². The summed E-state index contributed by atoms with van der Waals surface area (Å²) in [5.74, 6) is -1.07. The second-order valence-corrected chi connectivity index (χ2v) is 7.13. The van der Waals surface area contributed by atoms with Crippen molar-refractivity contribution in [3.63, 3.8) is 0 Å². The third-order valence-corrected chi connectivity index (χ3v) is 5.18. The van der Waals surface area contributed by atoms with Crippen molar-refractivity contribution in [1.82, 2.24) is 9.78 Å². The minimum Gasteiger partial charge on any atom is -0.380 e. The van der Waals surface area contributed by atoms with Gasteiger partial charge in [-0.3, -0.25) is 4.68 Å². The number of benzene rings is 1. The normalized spacial score (nSPS) is 12.5. The lowest BCUT2D eigenvalue weighted by atomic mass is 10.2. The highest BCUT2D eigenvalue weighted by Crippen LogP contribution is 2.35. The fourth-order valence-corrected chi connectivity index (χ4v) is 3.19. The number of alkyl halides is 3. The fraction of sp³-hybridized carbons (Fsp3) is 0.357. The van der Waals surface area contributed by atoms with Crippen molar-refractivity contribution >= 4 is 15.5 Å². The summed E-state index contributed by atoms with van der Waals surface area (Å²) in [4.78, 5) is -1.14. The Kier molecular flexibility index (Phi) is 4.62. The zero-order valence-corrected chi connectivity index (χ0v) is 13.9. The van der Waals surface area contributed by atoms with E-state index in [1.807, 2.05) is 0 Å². The first-order chi connectivity index (χ1) is 10.9. The van der Waals surface area contributed by atoms with Crippen LogP contribution in [0.25, 0.3) is 0 Å². The molecule has 132 valence electrons. The molecule has 1 aromatic carbocycles. The Balaban J connectivity index is 2.42. The molecule has 2 aromatic rings. The Bertz CT molecular complexity index is 873. The van der Waals surface area contributed by atoms with E-state index in [0.29, 0.717) is 11.8 Å². The Hall–Kier alpha value is -2.10. The summed E-state index contributed by atoms with van der Waals surface area (Å²) >= 11 is 0. The smallest absolute Gasteiger partial charge is 0.380 e. The molecular weight excluding hydrogens is 350 g/mol. The molecule has 0 aliphatic rings. The number of hydrogen-bond donors (Lipinski definition) is 1. The Labute approximate surface area is 136 Å². The van der Waals surface area contributed by atoms with Gasteiger partial charge in [0.05, 0.1) is 11.4 Å². The van der Waals surface area contributed by atoms with E-state index in [2.05, 4.69) is 10.4 Å². The number of nitrogens with zero attached hydrogens (tertiary/aromatic N) is 2. The van der Waals surface area contributed by atoms with Crippen LogP contribution >= 0.6 is 0 Å². The number of aromatic nitrogens is 2. The second-order valence-electron chi connectivity index (χ2n) is 5.22. The molecule has 24 heavy (non-hydrogen) atoms. The van der Waals surface area contributed by atoms with E-state index < -0.39 is 26.1 Å². The van der Waals surface area contributed by atoms with E-state index in [9.17, 15) is 26.0 Å². The Morgan fingerprint density at radius 2 is 1.88 bits per heavy atom. The summed E-state index contributed by atoms with van der Waals surface area (Å²) < 4.78 is 76.5. The lowest BCUT2D eigenvalue weighted by Gasteiger charge is -2.14. The number of anilines is 1. The molecule has 1 aromatic heterocycles. The van der Waals surface area contributed by atoms with Gasteiger partial charge in [-0.2, -0.15) is 18.3 Å². The first kappa shape index (κ1) is 18.2. The van der Waals surface area contributed by atoms with Crippen LogP contribution in [-0.4, -0.2) is 23.7 Å². The average Bonchev–Trinajstić information content (AvgIpc) is 2.70. The molecular formula is C14H15F4N3O2S. The predicted molar refractivity (Wildman–Crippen MR) is 79.6 cm³/mol. The van der Waals surface area contributed by atoms with Crippen molar-refractivity contribution in [1.29, 1.82) is 0 Å². The van der Waals surface area contributed by atoms with Crippen LogP contribution in [0.3, 0.4) is 0 Å². The van der Waals surface area contributed by atoms with Gasteiger partial charge in [-0.05, 0) is 32.0 Å². The average molecular weight is 365 g/mol. The molecule has 0 aliphatic carbocycles. The van der Waals surface area contributed by atoms with E-state index in [0.717, 1.165) is 23.4 Å². The van der Waals surface area contributed by atoms with Crippen LogP contribution in [0.1, 0.15) is 17.0 Å². The van der Waals surface area contributed by atoms with Gasteiger partial charge in [0.15, 0.2) is 0 Å². The lowest BCUT2D eigenvalue weighted by molar-refractivity contribution is -0.0435. The largest absolute Gasteiger partial charge is 0.501 e. The van der Waals surface area contributed by atoms with Gasteiger partial charge in [-0.1, -0.05) is 0 Å². The number of hydrogen-bond acceptors (Lipinski definition) is 4. The molecule has 0 saturated heterocycles. The van der Waals surface area contributed by atoms with Crippen LogP contribution in [0.15, 0.2) is 23.1 Å². The standard InChI is InChI=1S/C14H15F4N3O2S/c1-8-11(9(2)21(3)20-8)7-19-12-5-4-10(15)6-13(12)24(22,23)14(16,17)18/h4-6,19H,7H2,1-3H3. The number of nitrogens with one attached hydrogen (secondary N) is 1. The van der Waals surface area contributed by atoms with E-state index in [-0.39, 0.29) is 12.2 Å². The van der Waals surface area contributed by atoms with E-state index in [4.69, 9.17) is 0 Å². The van der Waals surface area contributed by atoms with Gasteiger partial charge in [-0.15, -0.1) is 0 Å². The number of halogens is 4. The molecule has 0 aliphatic heterocycles. The van der Waals surface area contributed by atoms with Crippen molar-refractivity contribution < 1.29 is 26.0 Å². The van der Waals surface area contributed by atoms with Crippen LogP contribution in [-0.2, 0) is 23.4 Å². The van der Waals surface area contributed by atoms with Gasteiger partial charge in [0.2, 0.25) is 0 Å². The van der Waals surface area contributed by atoms with Crippen LogP contribution in [0.5, 0.6) is 0 Å². The quantitative estimate of drug-likeness (QED) is 0.846. The Morgan fingerprint density at radius 1 is 1.25 bits per heavy atom. The van der Waals surface area contributed by atoms with E-state index in [1.54, 1.807) is 25.6 Å². The van der Waals surface area contributed by atoms with Gasteiger partial charge in [0.1, 0.15) is 10.7 Å². The first-order valence-electron chi connectivity index (χ1n) is 6.79. The molecule has 0 amide bonds. The monoisotopic (exact) mass is 365 g/mol. The maximum absolute atomic E-state index is 13.3. The van der Waals surface area contributed by atoms with Crippen LogP contribution in [0.2, 0.25) is 0 Å². The summed E-state index contributed by atoms with van der Waals surface area (Å²) in [6.07, 6.45) is 0.